The standard InChI is InChI=1S/C33H50N6O9/c1-21-18-24(40)15-14-22(21)19-23(20-34)27(43)37-25(28(44)35-16-10-8-9-13-26(41)42)12-11-17-36-29(38-30(45)47-32(2,3)4)39-31(46)48-33(5,6)7/h14-15,19,21,25,40H,8-13,16-18H2,1-7H3,(H,35,44)(H,37,43)(H,41,42)(H2,36,38,39,45,46)/b23-19+/t21?,25-/m0/s1. The molecule has 0 fully saturated rings. The maximum atomic E-state index is 13.1. The number of hydrogen-bond donors (Lipinski definition) is 6. The molecule has 0 bridgehead atoms. The predicted octanol–water partition coefficient (Wildman–Crippen LogP) is 4.28. The second-order valence-corrected chi connectivity index (χ2v) is 13.2. The number of carboxylic acid groups (broad SMARTS) is 1. The molecule has 6 N–H and O–H groups in total. The zero-order valence-corrected chi connectivity index (χ0v) is 28.9. The molecule has 0 heterocycles. The van der Waals surface area contributed by atoms with Gasteiger partial charge in [0, 0.05) is 25.9 Å². The van der Waals surface area contributed by atoms with E-state index in [0.29, 0.717) is 31.3 Å². The molecular weight excluding hydrogens is 624 g/mol. The molecule has 0 radical (unpaired) electrons. The van der Waals surface area contributed by atoms with Crippen LogP contribution in [0.3, 0.4) is 0 Å². The van der Waals surface area contributed by atoms with E-state index in [4.69, 9.17) is 14.6 Å². The van der Waals surface area contributed by atoms with E-state index < -0.39 is 47.2 Å². The van der Waals surface area contributed by atoms with Crippen LogP contribution in [0.4, 0.5) is 9.59 Å². The fraction of sp³-hybridized carbons (Fsp3) is 0.606. The van der Waals surface area contributed by atoms with Crippen molar-refractivity contribution in [2.24, 2.45) is 10.9 Å². The van der Waals surface area contributed by atoms with E-state index in [0.717, 1.165) is 0 Å². The number of aliphatic hydroxyl groups is 1. The summed E-state index contributed by atoms with van der Waals surface area (Å²) in [6.45, 7) is 12.1. The summed E-state index contributed by atoms with van der Waals surface area (Å²) >= 11 is 0. The highest BCUT2D eigenvalue weighted by Gasteiger charge is 2.24. The number of aliphatic carboxylic acids is 1. The summed E-state index contributed by atoms with van der Waals surface area (Å²) in [5.74, 6) is -2.37. The molecule has 0 saturated heterocycles. The average Bonchev–Trinajstić information content (AvgIpc) is 2.93. The van der Waals surface area contributed by atoms with Crippen LogP contribution in [0.15, 0.2) is 40.1 Å². The van der Waals surface area contributed by atoms with Crippen molar-refractivity contribution in [1.29, 1.82) is 5.26 Å². The molecule has 15 heteroatoms. The van der Waals surface area contributed by atoms with E-state index in [2.05, 4.69) is 26.3 Å². The maximum Gasteiger partial charge on any atom is 0.414 e. The zero-order chi connectivity index (χ0) is 36.5. The number of allylic oxidation sites excluding steroid dienone is 5. The Kier molecular flexibility index (Phi) is 16.9. The summed E-state index contributed by atoms with van der Waals surface area (Å²) < 4.78 is 10.5. The first kappa shape index (κ1) is 41.2. The number of alkyl carbamates (subject to hydrolysis) is 2. The van der Waals surface area contributed by atoms with Crippen LogP contribution in [0.25, 0.3) is 0 Å². The van der Waals surface area contributed by atoms with Gasteiger partial charge in [0.15, 0.2) is 0 Å². The maximum absolute atomic E-state index is 13.1. The van der Waals surface area contributed by atoms with Crippen molar-refractivity contribution in [1.82, 2.24) is 21.3 Å². The van der Waals surface area contributed by atoms with Gasteiger partial charge in [-0.3, -0.25) is 30.0 Å². The lowest BCUT2D eigenvalue weighted by molar-refractivity contribution is -0.137. The van der Waals surface area contributed by atoms with E-state index in [9.17, 15) is 34.3 Å². The fourth-order valence-corrected chi connectivity index (χ4v) is 4.18. The van der Waals surface area contributed by atoms with E-state index in [1.54, 1.807) is 47.6 Å². The van der Waals surface area contributed by atoms with Crippen LogP contribution >= 0.6 is 0 Å². The van der Waals surface area contributed by atoms with Gasteiger partial charge in [0.25, 0.3) is 5.91 Å². The number of nitriles is 1. The van der Waals surface area contributed by atoms with Crippen LogP contribution < -0.4 is 21.3 Å². The van der Waals surface area contributed by atoms with E-state index in [-0.39, 0.29) is 55.6 Å². The number of ether oxygens (including phenoxy) is 2. The molecule has 0 aliphatic heterocycles. The third-order valence-electron chi connectivity index (χ3n) is 6.38. The van der Waals surface area contributed by atoms with Crippen LogP contribution in [0.1, 0.15) is 93.4 Å². The van der Waals surface area contributed by atoms with Crippen LogP contribution in [-0.4, -0.2) is 76.5 Å². The Morgan fingerprint density at radius 2 is 1.60 bits per heavy atom. The number of carbonyl (C=O) groups excluding carboxylic acids is 4. The van der Waals surface area contributed by atoms with Crippen molar-refractivity contribution in [3.63, 3.8) is 0 Å². The largest absolute Gasteiger partial charge is 0.512 e. The Bertz CT molecular complexity index is 1300. The molecule has 0 aromatic carbocycles. The number of carbonyl (C=O) groups is 5. The topological polar surface area (TPSA) is 229 Å². The van der Waals surface area contributed by atoms with Gasteiger partial charge in [-0.2, -0.15) is 5.26 Å². The molecule has 0 spiro atoms. The van der Waals surface area contributed by atoms with Gasteiger partial charge in [0.2, 0.25) is 11.9 Å². The number of nitrogens with zero attached hydrogens (tertiary/aromatic N) is 2. The number of unbranched alkanes of at least 4 members (excludes halogenated alkanes) is 2. The van der Waals surface area contributed by atoms with Crippen molar-refractivity contribution in [2.75, 3.05) is 13.1 Å². The summed E-state index contributed by atoms with van der Waals surface area (Å²) in [6, 6.07) is 0.793. The Morgan fingerprint density at radius 3 is 2.12 bits per heavy atom. The van der Waals surface area contributed by atoms with Crippen molar-refractivity contribution >= 4 is 35.9 Å². The predicted molar refractivity (Wildman–Crippen MR) is 178 cm³/mol. The second-order valence-electron chi connectivity index (χ2n) is 13.2. The third-order valence-corrected chi connectivity index (χ3v) is 6.38. The monoisotopic (exact) mass is 674 g/mol. The van der Waals surface area contributed by atoms with Crippen molar-refractivity contribution < 1.29 is 43.7 Å². The first-order valence-electron chi connectivity index (χ1n) is 15.9. The number of nitrogens with one attached hydrogen (secondary N) is 4. The summed E-state index contributed by atoms with van der Waals surface area (Å²) in [7, 11) is 0. The van der Waals surface area contributed by atoms with Crippen molar-refractivity contribution in [3.05, 3.63) is 35.1 Å². The van der Waals surface area contributed by atoms with Crippen molar-refractivity contribution in [3.8, 4) is 6.07 Å². The second kappa shape index (κ2) is 19.7. The number of hydrogen-bond acceptors (Lipinski definition) is 10. The number of guanidine groups is 1. The Balaban J connectivity index is 3.09. The SMILES string of the molecule is CC1CC(O)=CC=C1/C=C(\C#N)C(=O)N[C@@H](CCCN=C(NC(=O)OC(C)(C)C)NC(=O)OC(C)(C)C)C(=O)NCCCCCC(=O)O. The highest BCUT2D eigenvalue weighted by molar-refractivity contribution is 6.01. The lowest BCUT2D eigenvalue weighted by Crippen LogP contribution is -2.48. The minimum atomic E-state index is -1.08. The van der Waals surface area contributed by atoms with Crippen LogP contribution in [0.2, 0.25) is 0 Å². The van der Waals surface area contributed by atoms with Gasteiger partial charge in [-0.15, -0.1) is 0 Å². The minimum Gasteiger partial charge on any atom is -0.512 e. The molecule has 1 aliphatic rings. The van der Waals surface area contributed by atoms with Crippen LogP contribution in [0, 0.1) is 17.2 Å². The van der Waals surface area contributed by atoms with Crippen molar-refractivity contribution in [2.45, 2.75) is 111 Å². The third kappa shape index (κ3) is 18.3. The molecule has 266 valence electrons. The quantitative estimate of drug-likeness (QED) is 0.0504. The first-order valence-corrected chi connectivity index (χ1v) is 15.9. The normalized spacial score (nSPS) is 15.4. The summed E-state index contributed by atoms with van der Waals surface area (Å²) in [4.78, 5) is 66.0. The highest BCUT2D eigenvalue weighted by atomic mass is 16.6. The highest BCUT2D eigenvalue weighted by Crippen LogP contribution is 2.25. The Morgan fingerprint density at radius 1 is 1.00 bits per heavy atom. The fourth-order valence-electron chi connectivity index (χ4n) is 4.18. The van der Waals surface area contributed by atoms with E-state index >= 15 is 0 Å². The molecule has 1 aliphatic carbocycles. The van der Waals surface area contributed by atoms with Gasteiger partial charge in [0.1, 0.15) is 28.9 Å². The molecule has 4 amide bonds. The van der Waals surface area contributed by atoms with Crippen LogP contribution in [0.5, 0.6) is 0 Å². The molecule has 48 heavy (non-hydrogen) atoms. The van der Waals surface area contributed by atoms with Gasteiger partial charge < -0.3 is 30.3 Å². The minimum absolute atomic E-state index is 0.00303. The van der Waals surface area contributed by atoms with E-state index in [1.807, 2.05) is 13.0 Å². The number of aliphatic imine (C=N–C) groups is 1. The van der Waals surface area contributed by atoms with Gasteiger partial charge in [-0.05, 0) is 90.9 Å². The number of rotatable bonds is 14. The van der Waals surface area contributed by atoms with Gasteiger partial charge in [-0.1, -0.05) is 19.4 Å². The summed E-state index contributed by atoms with van der Waals surface area (Å²) in [5, 5.41) is 38.4. The molecule has 0 saturated carbocycles. The lowest BCUT2D eigenvalue weighted by Gasteiger charge is -2.22. The molecule has 1 unspecified atom stereocenters. The summed E-state index contributed by atoms with van der Waals surface area (Å²) in [5.41, 5.74) is -1.20. The van der Waals surface area contributed by atoms with Crippen LogP contribution in [-0.2, 0) is 23.9 Å². The lowest BCUT2D eigenvalue weighted by atomic mass is 9.91. The van der Waals surface area contributed by atoms with E-state index in [1.165, 1.54) is 12.2 Å². The molecule has 0 aromatic heterocycles. The van der Waals surface area contributed by atoms with Gasteiger partial charge >= 0.3 is 18.2 Å². The number of carboxylic acids is 1. The zero-order valence-electron chi connectivity index (χ0n) is 28.9. The molecular formula is C33H50N6O9. The van der Waals surface area contributed by atoms with Gasteiger partial charge in [-0.25, -0.2) is 9.59 Å². The molecule has 0 aromatic rings. The molecule has 1 rings (SSSR count). The first-order chi connectivity index (χ1) is 22.3. The Labute approximate surface area is 281 Å². The molecule has 2 atom stereocenters. The molecule has 15 nitrogen and oxygen atoms in total. The average molecular weight is 675 g/mol. The number of aliphatic hydroxyl groups excluding tert-OH is 1. The Hall–Kier alpha value is -4.87. The number of amides is 4. The summed E-state index contributed by atoms with van der Waals surface area (Å²) in [6.07, 6.45) is 5.01. The smallest absolute Gasteiger partial charge is 0.414 e. The van der Waals surface area contributed by atoms with Gasteiger partial charge in [0.05, 0.1) is 5.76 Å².